The summed E-state index contributed by atoms with van der Waals surface area (Å²) < 4.78 is 43.3. The van der Waals surface area contributed by atoms with Gasteiger partial charge in [-0.25, -0.2) is 9.78 Å². The zero-order valence-corrected chi connectivity index (χ0v) is 12.6. The monoisotopic (exact) mass is 334 g/mol. The van der Waals surface area contributed by atoms with E-state index in [1.54, 1.807) is 31.2 Å². The van der Waals surface area contributed by atoms with Crippen LogP contribution in [0.3, 0.4) is 0 Å². The smallest absolute Gasteiger partial charge is 0.416 e. The summed E-state index contributed by atoms with van der Waals surface area (Å²) in [4.78, 5) is 18.9. The maximum atomic E-state index is 12.8. The number of alkyl halides is 3. The van der Waals surface area contributed by atoms with Crippen molar-refractivity contribution in [1.82, 2.24) is 9.97 Å². The number of carbonyl (C=O) groups excluding carboxylic acids is 1. The lowest BCUT2D eigenvalue weighted by molar-refractivity contribution is -0.137. The molecule has 1 heterocycles. The van der Waals surface area contributed by atoms with Gasteiger partial charge in [-0.3, -0.25) is 0 Å². The number of aromatic nitrogens is 2. The van der Waals surface area contributed by atoms with Crippen LogP contribution < -0.4 is 0 Å². The molecule has 1 N–H and O–H groups in total. The van der Waals surface area contributed by atoms with Gasteiger partial charge in [0.1, 0.15) is 5.82 Å². The van der Waals surface area contributed by atoms with E-state index in [4.69, 9.17) is 4.74 Å². The molecule has 24 heavy (non-hydrogen) atoms. The number of nitrogens with zero attached hydrogens (tertiary/aromatic N) is 1. The minimum atomic E-state index is -4.41. The summed E-state index contributed by atoms with van der Waals surface area (Å²) in [5.41, 5.74) is 0.891. The number of ether oxygens (including phenoxy) is 1. The Bertz CT molecular complexity index is 900. The topological polar surface area (TPSA) is 55.0 Å². The summed E-state index contributed by atoms with van der Waals surface area (Å²) in [5, 5.41) is 0. The van der Waals surface area contributed by atoms with E-state index >= 15 is 0 Å². The molecule has 3 aromatic rings. The molecule has 0 bridgehead atoms. The summed E-state index contributed by atoms with van der Waals surface area (Å²) in [6, 6.07) is 9.88. The van der Waals surface area contributed by atoms with Crippen LogP contribution in [-0.4, -0.2) is 22.5 Å². The number of hydrogen-bond acceptors (Lipinski definition) is 3. The summed E-state index contributed by atoms with van der Waals surface area (Å²) in [6.07, 6.45) is -4.41. The molecule has 0 fully saturated rings. The molecule has 0 aliphatic rings. The lowest BCUT2D eigenvalue weighted by Gasteiger charge is -2.05. The Hall–Kier alpha value is -2.83. The van der Waals surface area contributed by atoms with Crippen LogP contribution in [0.4, 0.5) is 13.2 Å². The third kappa shape index (κ3) is 3.10. The van der Waals surface area contributed by atoms with Crippen LogP contribution in [0.1, 0.15) is 22.8 Å². The number of halogens is 3. The van der Waals surface area contributed by atoms with E-state index < -0.39 is 17.7 Å². The first-order valence-corrected chi connectivity index (χ1v) is 7.23. The van der Waals surface area contributed by atoms with Gasteiger partial charge in [0.2, 0.25) is 0 Å². The first-order chi connectivity index (χ1) is 11.4. The van der Waals surface area contributed by atoms with E-state index in [1.807, 2.05) is 0 Å². The van der Waals surface area contributed by atoms with Crippen LogP contribution in [0.2, 0.25) is 0 Å². The van der Waals surface area contributed by atoms with Crippen LogP contribution in [0, 0.1) is 0 Å². The Morgan fingerprint density at radius 2 is 2.00 bits per heavy atom. The molecule has 3 rings (SSSR count). The fourth-order valence-corrected chi connectivity index (χ4v) is 2.33. The van der Waals surface area contributed by atoms with Crippen LogP contribution in [0.15, 0.2) is 42.5 Å². The number of aromatic amines is 1. The summed E-state index contributed by atoms with van der Waals surface area (Å²) in [7, 11) is 0. The average molecular weight is 334 g/mol. The molecule has 0 amide bonds. The molecule has 0 saturated heterocycles. The Labute approximate surface area is 135 Å². The highest BCUT2D eigenvalue weighted by Gasteiger charge is 2.30. The molecule has 1 aromatic heterocycles. The van der Waals surface area contributed by atoms with Crippen molar-refractivity contribution in [2.75, 3.05) is 6.61 Å². The molecule has 0 aliphatic carbocycles. The average Bonchev–Trinajstić information content (AvgIpc) is 2.97. The summed E-state index contributed by atoms with van der Waals surface area (Å²) in [5.74, 6) is -0.0784. The van der Waals surface area contributed by atoms with E-state index in [-0.39, 0.29) is 12.1 Å². The molecule has 0 spiro atoms. The zero-order chi connectivity index (χ0) is 17.3. The van der Waals surface area contributed by atoms with Crippen molar-refractivity contribution >= 4 is 17.0 Å². The number of hydrogen-bond donors (Lipinski definition) is 1. The number of esters is 1. The van der Waals surface area contributed by atoms with E-state index in [0.29, 0.717) is 22.5 Å². The fourth-order valence-electron chi connectivity index (χ4n) is 2.33. The van der Waals surface area contributed by atoms with E-state index in [1.165, 1.54) is 6.07 Å². The minimum absolute atomic E-state index is 0.258. The number of imidazole rings is 1. The highest BCUT2D eigenvalue weighted by molar-refractivity contribution is 5.91. The van der Waals surface area contributed by atoms with Gasteiger partial charge in [-0.2, -0.15) is 13.2 Å². The predicted molar refractivity (Wildman–Crippen MR) is 82.5 cm³/mol. The molecule has 7 heteroatoms. The van der Waals surface area contributed by atoms with E-state index in [2.05, 4.69) is 9.97 Å². The molecule has 124 valence electrons. The number of rotatable bonds is 3. The highest BCUT2D eigenvalue weighted by atomic mass is 19.4. The third-order valence-corrected chi connectivity index (χ3v) is 3.46. The summed E-state index contributed by atoms with van der Waals surface area (Å²) in [6.45, 7) is 1.97. The second-order valence-corrected chi connectivity index (χ2v) is 5.12. The van der Waals surface area contributed by atoms with E-state index in [0.717, 1.165) is 12.1 Å². The number of fused-ring (bicyclic) bond motifs is 1. The molecular weight excluding hydrogens is 321 g/mol. The number of carbonyl (C=O) groups is 1. The molecular formula is C17H13F3N2O2. The third-order valence-electron chi connectivity index (χ3n) is 3.46. The predicted octanol–water partition coefficient (Wildman–Crippen LogP) is 4.43. The molecule has 0 saturated carbocycles. The second kappa shape index (κ2) is 5.99. The molecule has 0 unspecified atom stereocenters. The normalized spacial score (nSPS) is 11.7. The van der Waals surface area contributed by atoms with Crippen molar-refractivity contribution in [2.45, 2.75) is 13.1 Å². The highest BCUT2D eigenvalue weighted by Crippen LogP contribution is 2.31. The van der Waals surface area contributed by atoms with E-state index in [9.17, 15) is 18.0 Å². The maximum Gasteiger partial charge on any atom is 0.416 e. The van der Waals surface area contributed by atoms with Crippen LogP contribution in [-0.2, 0) is 10.9 Å². The first kappa shape index (κ1) is 16.0. The van der Waals surface area contributed by atoms with Gasteiger partial charge < -0.3 is 9.72 Å². The Kier molecular flexibility index (Phi) is 4.01. The van der Waals surface area contributed by atoms with Crippen molar-refractivity contribution in [3.05, 3.63) is 53.6 Å². The lowest BCUT2D eigenvalue weighted by Crippen LogP contribution is -2.04. The van der Waals surface area contributed by atoms with Crippen molar-refractivity contribution in [3.8, 4) is 11.4 Å². The summed E-state index contributed by atoms with van der Waals surface area (Å²) >= 11 is 0. The van der Waals surface area contributed by atoms with Gasteiger partial charge >= 0.3 is 12.1 Å². The SMILES string of the molecule is CCOC(=O)c1cccc(-c2nc3ccc(C(F)(F)F)cc3[nH]2)c1. The fraction of sp³-hybridized carbons (Fsp3) is 0.176. The Balaban J connectivity index is 2.01. The minimum Gasteiger partial charge on any atom is -0.462 e. The van der Waals surface area contributed by atoms with Crippen molar-refractivity contribution in [2.24, 2.45) is 0 Å². The molecule has 0 atom stereocenters. The van der Waals surface area contributed by atoms with Gasteiger partial charge in [0.15, 0.2) is 0 Å². The van der Waals surface area contributed by atoms with Crippen molar-refractivity contribution in [3.63, 3.8) is 0 Å². The Morgan fingerprint density at radius 1 is 1.21 bits per heavy atom. The van der Waals surface area contributed by atoms with Crippen molar-refractivity contribution < 1.29 is 22.7 Å². The van der Waals surface area contributed by atoms with Crippen LogP contribution in [0.5, 0.6) is 0 Å². The van der Waals surface area contributed by atoms with Crippen LogP contribution in [0.25, 0.3) is 22.4 Å². The quantitative estimate of drug-likeness (QED) is 0.721. The van der Waals surface area contributed by atoms with Gasteiger partial charge in [0, 0.05) is 5.56 Å². The molecule has 0 aliphatic heterocycles. The maximum absolute atomic E-state index is 12.8. The van der Waals surface area contributed by atoms with Gasteiger partial charge in [-0.05, 0) is 37.3 Å². The number of benzene rings is 2. The zero-order valence-electron chi connectivity index (χ0n) is 12.6. The standard InChI is InChI=1S/C17H13F3N2O2/c1-2-24-16(23)11-5-3-4-10(8-11)15-21-13-7-6-12(17(18,19)20)9-14(13)22-15/h3-9H,2H2,1H3,(H,21,22). The Morgan fingerprint density at radius 3 is 2.71 bits per heavy atom. The number of H-pyrrole nitrogens is 1. The first-order valence-electron chi connectivity index (χ1n) is 7.23. The van der Waals surface area contributed by atoms with Gasteiger partial charge in [0.25, 0.3) is 0 Å². The van der Waals surface area contributed by atoms with Gasteiger partial charge in [-0.1, -0.05) is 12.1 Å². The second-order valence-electron chi connectivity index (χ2n) is 5.12. The molecule has 0 radical (unpaired) electrons. The lowest BCUT2D eigenvalue weighted by atomic mass is 10.1. The number of nitrogens with one attached hydrogen (secondary N) is 1. The molecule has 2 aromatic carbocycles. The molecule has 4 nitrogen and oxygen atoms in total. The largest absolute Gasteiger partial charge is 0.462 e. The van der Waals surface area contributed by atoms with Gasteiger partial charge in [0.05, 0.1) is 28.8 Å². The van der Waals surface area contributed by atoms with Crippen molar-refractivity contribution in [1.29, 1.82) is 0 Å². The van der Waals surface area contributed by atoms with Gasteiger partial charge in [-0.15, -0.1) is 0 Å². The van der Waals surface area contributed by atoms with Crippen LogP contribution >= 0.6 is 0 Å².